The lowest BCUT2D eigenvalue weighted by atomic mass is 9.94. The lowest BCUT2D eigenvalue weighted by molar-refractivity contribution is 0.0899. The summed E-state index contributed by atoms with van der Waals surface area (Å²) in [6, 6.07) is 7.74. The molecule has 1 aliphatic carbocycles. The van der Waals surface area contributed by atoms with Crippen molar-refractivity contribution < 1.29 is 4.79 Å². The highest BCUT2D eigenvalue weighted by molar-refractivity contribution is 6.30. The Morgan fingerprint density at radius 2 is 1.83 bits per heavy atom. The van der Waals surface area contributed by atoms with E-state index in [1.54, 1.807) is 24.3 Å². The molecule has 0 amide bonds. The first-order chi connectivity index (χ1) is 8.66. The van der Waals surface area contributed by atoms with E-state index in [1.165, 1.54) is 32.1 Å². The fourth-order valence-corrected chi connectivity index (χ4v) is 2.73. The van der Waals surface area contributed by atoms with Gasteiger partial charge in [-0.05, 0) is 44.2 Å². The molecule has 1 fully saturated rings. The topological polar surface area (TPSA) is 20.3 Å². The molecule has 18 heavy (non-hydrogen) atoms. The van der Waals surface area contributed by atoms with E-state index in [-0.39, 0.29) is 5.78 Å². The third kappa shape index (κ3) is 3.56. The SMILES string of the molecule is CN(CC(=O)c1ccc(Cl)cc1)C1CCCCC1. The monoisotopic (exact) mass is 265 g/mol. The molecule has 3 heteroatoms. The van der Waals surface area contributed by atoms with Crippen LogP contribution in [0.5, 0.6) is 0 Å². The fourth-order valence-electron chi connectivity index (χ4n) is 2.60. The van der Waals surface area contributed by atoms with Gasteiger partial charge in [-0.2, -0.15) is 0 Å². The molecule has 0 atom stereocenters. The molecule has 0 aliphatic heterocycles. The number of halogens is 1. The highest BCUT2D eigenvalue weighted by atomic mass is 35.5. The van der Waals surface area contributed by atoms with Crippen molar-refractivity contribution in [3.8, 4) is 0 Å². The minimum atomic E-state index is 0.180. The summed E-state index contributed by atoms with van der Waals surface area (Å²) < 4.78 is 0. The summed E-state index contributed by atoms with van der Waals surface area (Å²) in [5, 5.41) is 0.673. The maximum absolute atomic E-state index is 12.1. The molecule has 0 unspecified atom stereocenters. The predicted octanol–water partition coefficient (Wildman–Crippen LogP) is 3.79. The first kappa shape index (κ1) is 13.6. The summed E-state index contributed by atoms with van der Waals surface area (Å²) >= 11 is 5.82. The maximum atomic E-state index is 12.1. The zero-order chi connectivity index (χ0) is 13.0. The summed E-state index contributed by atoms with van der Waals surface area (Å²) in [4.78, 5) is 14.3. The van der Waals surface area contributed by atoms with Crippen molar-refractivity contribution >= 4 is 17.4 Å². The second-order valence-electron chi connectivity index (χ2n) is 5.14. The van der Waals surface area contributed by atoms with Gasteiger partial charge in [-0.3, -0.25) is 9.69 Å². The predicted molar refractivity (Wildman–Crippen MR) is 75.3 cm³/mol. The van der Waals surface area contributed by atoms with Crippen molar-refractivity contribution in [2.75, 3.05) is 13.6 Å². The van der Waals surface area contributed by atoms with Crippen LogP contribution in [0.4, 0.5) is 0 Å². The highest BCUT2D eigenvalue weighted by Crippen LogP contribution is 2.21. The Morgan fingerprint density at radius 3 is 2.44 bits per heavy atom. The van der Waals surface area contributed by atoms with Gasteiger partial charge in [0.05, 0.1) is 6.54 Å². The molecule has 1 aromatic rings. The number of Topliss-reactive ketones (excluding diaryl/α,β-unsaturated/α-hetero) is 1. The third-order valence-corrected chi connectivity index (χ3v) is 4.01. The molecule has 0 bridgehead atoms. The molecule has 0 saturated heterocycles. The molecule has 0 aromatic heterocycles. The van der Waals surface area contributed by atoms with Gasteiger partial charge in [-0.15, -0.1) is 0 Å². The zero-order valence-electron chi connectivity index (χ0n) is 10.9. The van der Waals surface area contributed by atoms with E-state index in [0.29, 0.717) is 17.6 Å². The van der Waals surface area contributed by atoms with Crippen molar-refractivity contribution in [2.24, 2.45) is 0 Å². The van der Waals surface area contributed by atoms with Crippen molar-refractivity contribution in [2.45, 2.75) is 38.1 Å². The maximum Gasteiger partial charge on any atom is 0.176 e. The summed E-state index contributed by atoms with van der Waals surface area (Å²) in [5.74, 6) is 0.180. The van der Waals surface area contributed by atoms with Gasteiger partial charge in [0.25, 0.3) is 0 Å². The number of carbonyl (C=O) groups excluding carboxylic acids is 1. The number of ketones is 1. The van der Waals surface area contributed by atoms with Crippen molar-refractivity contribution in [3.63, 3.8) is 0 Å². The second kappa shape index (κ2) is 6.35. The quantitative estimate of drug-likeness (QED) is 0.772. The minimum absolute atomic E-state index is 0.180. The summed E-state index contributed by atoms with van der Waals surface area (Å²) in [7, 11) is 2.06. The molecular formula is C15H20ClNO. The Labute approximate surface area is 114 Å². The van der Waals surface area contributed by atoms with Crippen LogP contribution >= 0.6 is 11.6 Å². The van der Waals surface area contributed by atoms with E-state index in [2.05, 4.69) is 11.9 Å². The van der Waals surface area contributed by atoms with Crippen LogP contribution < -0.4 is 0 Å². The molecule has 2 nitrogen and oxygen atoms in total. The number of likely N-dealkylation sites (N-methyl/N-ethyl adjacent to an activating group) is 1. The average Bonchev–Trinajstić information content (AvgIpc) is 2.40. The van der Waals surface area contributed by atoms with Gasteiger partial charge in [-0.25, -0.2) is 0 Å². The minimum Gasteiger partial charge on any atom is -0.296 e. The molecule has 1 aliphatic rings. The largest absolute Gasteiger partial charge is 0.296 e. The number of nitrogens with zero attached hydrogens (tertiary/aromatic N) is 1. The molecule has 98 valence electrons. The number of benzene rings is 1. The molecule has 2 rings (SSSR count). The number of rotatable bonds is 4. The Kier molecular flexibility index (Phi) is 4.79. The van der Waals surface area contributed by atoms with Gasteiger partial charge in [0.1, 0.15) is 0 Å². The van der Waals surface area contributed by atoms with Crippen LogP contribution in [-0.2, 0) is 0 Å². The van der Waals surface area contributed by atoms with Crippen molar-refractivity contribution in [1.29, 1.82) is 0 Å². The normalized spacial score (nSPS) is 17.1. The summed E-state index contributed by atoms with van der Waals surface area (Å²) in [5.41, 5.74) is 0.752. The van der Waals surface area contributed by atoms with E-state index in [4.69, 9.17) is 11.6 Å². The Hall–Kier alpha value is -0.860. The second-order valence-corrected chi connectivity index (χ2v) is 5.57. The molecule has 0 N–H and O–H groups in total. The molecule has 1 aromatic carbocycles. The first-order valence-corrected chi connectivity index (χ1v) is 7.03. The Balaban J connectivity index is 1.91. The number of hydrogen-bond acceptors (Lipinski definition) is 2. The smallest absolute Gasteiger partial charge is 0.176 e. The number of carbonyl (C=O) groups is 1. The summed E-state index contributed by atoms with van der Waals surface area (Å²) in [6.45, 7) is 0.506. The highest BCUT2D eigenvalue weighted by Gasteiger charge is 2.20. The van der Waals surface area contributed by atoms with Gasteiger partial charge in [0.2, 0.25) is 0 Å². The van der Waals surface area contributed by atoms with Crippen LogP contribution in [0.2, 0.25) is 5.02 Å². The van der Waals surface area contributed by atoms with Crippen molar-refractivity contribution in [1.82, 2.24) is 4.90 Å². The van der Waals surface area contributed by atoms with Gasteiger partial charge in [-0.1, -0.05) is 30.9 Å². The first-order valence-electron chi connectivity index (χ1n) is 6.66. The van der Waals surface area contributed by atoms with E-state index in [0.717, 1.165) is 5.56 Å². The van der Waals surface area contributed by atoms with Gasteiger partial charge >= 0.3 is 0 Å². The molecule has 0 heterocycles. The van der Waals surface area contributed by atoms with Crippen LogP contribution in [0.1, 0.15) is 42.5 Å². The van der Waals surface area contributed by atoms with Gasteiger partial charge < -0.3 is 0 Å². The van der Waals surface area contributed by atoms with Crippen LogP contribution in [-0.4, -0.2) is 30.3 Å². The molecule has 1 saturated carbocycles. The van der Waals surface area contributed by atoms with Crippen molar-refractivity contribution in [3.05, 3.63) is 34.9 Å². The van der Waals surface area contributed by atoms with Gasteiger partial charge in [0.15, 0.2) is 5.78 Å². The standard InChI is InChI=1S/C15H20ClNO/c1-17(14-5-3-2-4-6-14)11-15(18)12-7-9-13(16)10-8-12/h7-10,14H,2-6,11H2,1H3. The molecular weight excluding hydrogens is 246 g/mol. The van der Waals surface area contributed by atoms with E-state index >= 15 is 0 Å². The average molecular weight is 266 g/mol. The third-order valence-electron chi connectivity index (χ3n) is 3.76. The lowest BCUT2D eigenvalue weighted by Gasteiger charge is -2.30. The molecule has 0 spiro atoms. The van der Waals surface area contributed by atoms with E-state index < -0.39 is 0 Å². The number of hydrogen-bond donors (Lipinski definition) is 0. The van der Waals surface area contributed by atoms with Crippen LogP contribution in [0.3, 0.4) is 0 Å². The van der Waals surface area contributed by atoms with E-state index in [1.807, 2.05) is 0 Å². The van der Waals surface area contributed by atoms with Crippen LogP contribution in [0.25, 0.3) is 0 Å². The van der Waals surface area contributed by atoms with Gasteiger partial charge in [0, 0.05) is 16.6 Å². The fraction of sp³-hybridized carbons (Fsp3) is 0.533. The molecule has 0 radical (unpaired) electrons. The lowest BCUT2D eigenvalue weighted by Crippen LogP contribution is -2.37. The Morgan fingerprint density at radius 1 is 1.22 bits per heavy atom. The zero-order valence-corrected chi connectivity index (χ0v) is 11.6. The van der Waals surface area contributed by atoms with Crippen LogP contribution in [0.15, 0.2) is 24.3 Å². The Bertz CT molecular complexity index is 395. The van der Waals surface area contributed by atoms with Crippen LogP contribution in [0, 0.1) is 0 Å². The van der Waals surface area contributed by atoms with E-state index in [9.17, 15) is 4.79 Å². The summed E-state index contributed by atoms with van der Waals surface area (Å²) in [6.07, 6.45) is 6.39.